The average Bonchev–Trinajstić information content (AvgIpc) is 3.14. The molecule has 3 aromatic rings. The highest BCUT2D eigenvalue weighted by atomic mass is 16.6. The second-order valence-electron chi connectivity index (χ2n) is 6.02. The monoisotopic (exact) mass is 345 g/mol. The van der Waals surface area contributed by atoms with Crippen LogP contribution in [0.15, 0.2) is 39.8 Å². The van der Waals surface area contributed by atoms with Crippen molar-refractivity contribution in [1.82, 2.24) is 14.3 Å². The molecule has 10 heteroatoms. The van der Waals surface area contributed by atoms with Crippen molar-refractivity contribution >= 4 is 28.4 Å². The molecule has 0 unspecified atom stereocenters. The van der Waals surface area contributed by atoms with Gasteiger partial charge in [0.15, 0.2) is 5.58 Å². The fourth-order valence-corrected chi connectivity index (χ4v) is 2.31. The van der Waals surface area contributed by atoms with E-state index < -0.39 is 22.1 Å². The molecule has 10 nitrogen and oxygen atoms in total. The van der Waals surface area contributed by atoms with E-state index in [9.17, 15) is 19.7 Å². The number of fused-ring (bicyclic) bond motifs is 1. The molecule has 25 heavy (non-hydrogen) atoms. The Labute approximate surface area is 140 Å². The minimum absolute atomic E-state index is 0.201. The molecule has 0 aliphatic carbocycles. The van der Waals surface area contributed by atoms with Crippen LogP contribution in [0.4, 0.5) is 11.4 Å². The summed E-state index contributed by atoms with van der Waals surface area (Å²) in [6.45, 7) is 3.17. The van der Waals surface area contributed by atoms with E-state index >= 15 is 0 Å². The molecule has 0 aliphatic heterocycles. The summed E-state index contributed by atoms with van der Waals surface area (Å²) in [6.07, 6.45) is 2.28. The lowest BCUT2D eigenvalue weighted by molar-refractivity contribution is -0.385. The summed E-state index contributed by atoms with van der Waals surface area (Å²) in [5, 5.41) is 17.4. The van der Waals surface area contributed by atoms with E-state index in [2.05, 4.69) is 10.4 Å². The molecular formula is C15H15N5O5. The molecule has 0 aliphatic rings. The summed E-state index contributed by atoms with van der Waals surface area (Å²) in [7, 11) is 1.58. The smallest absolute Gasteiger partial charge is 0.408 e. The van der Waals surface area contributed by atoms with Crippen molar-refractivity contribution < 1.29 is 14.1 Å². The SMILES string of the molecule is Cn1c(=O)oc2cc(NC(=O)C(C)(C)n3cc([N+](=O)[O-])cn3)ccc21. The molecule has 1 amide bonds. The predicted molar refractivity (Wildman–Crippen MR) is 88.3 cm³/mol. The Morgan fingerprint density at radius 3 is 2.76 bits per heavy atom. The molecule has 0 spiro atoms. The van der Waals surface area contributed by atoms with Crippen LogP contribution in [0.3, 0.4) is 0 Å². The standard InChI is InChI=1S/C15H15N5O5/c1-15(2,19-8-10(7-16-19)20(23)24)13(21)17-9-4-5-11-12(6-9)25-14(22)18(11)3/h4-8H,1-3H3,(H,17,21). The van der Waals surface area contributed by atoms with E-state index in [1.807, 2.05) is 0 Å². The molecular weight excluding hydrogens is 330 g/mol. The third-order valence-electron chi connectivity index (χ3n) is 3.96. The van der Waals surface area contributed by atoms with Crippen LogP contribution in [0.2, 0.25) is 0 Å². The van der Waals surface area contributed by atoms with Crippen molar-refractivity contribution in [3.8, 4) is 0 Å². The fourth-order valence-electron chi connectivity index (χ4n) is 2.31. The number of benzene rings is 1. The lowest BCUT2D eigenvalue weighted by Crippen LogP contribution is -2.40. The topological polar surface area (TPSA) is 125 Å². The van der Waals surface area contributed by atoms with Crippen molar-refractivity contribution in [3.05, 3.63) is 51.3 Å². The van der Waals surface area contributed by atoms with Gasteiger partial charge in [-0.25, -0.2) is 4.79 Å². The van der Waals surface area contributed by atoms with E-state index in [1.54, 1.807) is 33.0 Å². The third kappa shape index (κ3) is 2.77. The molecule has 1 N–H and O–H groups in total. The minimum atomic E-state index is -1.17. The van der Waals surface area contributed by atoms with E-state index in [0.29, 0.717) is 16.8 Å². The van der Waals surface area contributed by atoms with E-state index in [0.717, 1.165) is 6.20 Å². The second kappa shape index (κ2) is 5.58. The Morgan fingerprint density at radius 1 is 1.40 bits per heavy atom. The molecule has 0 atom stereocenters. The zero-order chi connectivity index (χ0) is 18.4. The van der Waals surface area contributed by atoms with Crippen molar-refractivity contribution in [1.29, 1.82) is 0 Å². The summed E-state index contributed by atoms with van der Waals surface area (Å²) < 4.78 is 7.66. The van der Waals surface area contributed by atoms with Gasteiger partial charge in [-0.15, -0.1) is 0 Å². The van der Waals surface area contributed by atoms with Gasteiger partial charge in [-0.2, -0.15) is 5.10 Å². The molecule has 0 saturated heterocycles. The second-order valence-corrected chi connectivity index (χ2v) is 6.02. The van der Waals surface area contributed by atoms with Gasteiger partial charge in [-0.3, -0.25) is 24.2 Å². The Morgan fingerprint density at radius 2 is 2.12 bits per heavy atom. The van der Waals surface area contributed by atoms with Crippen LogP contribution in [0, 0.1) is 10.1 Å². The highest BCUT2D eigenvalue weighted by Gasteiger charge is 2.32. The van der Waals surface area contributed by atoms with Crippen LogP contribution in [0.1, 0.15) is 13.8 Å². The van der Waals surface area contributed by atoms with Crippen molar-refractivity contribution in [2.75, 3.05) is 5.32 Å². The van der Waals surface area contributed by atoms with E-state index in [1.165, 1.54) is 21.5 Å². The summed E-state index contributed by atoms with van der Waals surface area (Å²) >= 11 is 0. The van der Waals surface area contributed by atoms with Gasteiger partial charge in [0.25, 0.3) is 5.91 Å². The first-order chi connectivity index (χ1) is 11.7. The van der Waals surface area contributed by atoms with Crippen molar-refractivity contribution in [2.45, 2.75) is 19.4 Å². The van der Waals surface area contributed by atoms with Crippen LogP contribution < -0.4 is 11.1 Å². The number of hydrogen-bond acceptors (Lipinski definition) is 6. The molecule has 0 radical (unpaired) electrons. The quantitative estimate of drug-likeness (QED) is 0.565. The van der Waals surface area contributed by atoms with Crippen molar-refractivity contribution in [2.24, 2.45) is 7.05 Å². The van der Waals surface area contributed by atoms with Crippen LogP contribution in [-0.2, 0) is 17.4 Å². The molecule has 2 aromatic heterocycles. The molecule has 0 fully saturated rings. The number of nitrogens with zero attached hydrogens (tertiary/aromatic N) is 4. The maximum absolute atomic E-state index is 12.6. The number of nitro groups is 1. The summed E-state index contributed by atoms with van der Waals surface area (Å²) in [4.78, 5) is 34.3. The summed E-state index contributed by atoms with van der Waals surface area (Å²) in [6, 6.07) is 4.83. The fraction of sp³-hybridized carbons (Fsp3) is 0.267. The van der Waals surface area contributed by atoms with Gasteiger partial charge in [0, 0.05) is 18.8 Å². The Bertz CT molecular complexity index is 1040. The normalized spacial score (nSPS) is 11.6. The zero-order valence-corrected chi connectivity index (χ0v) is 13.7. The number of oxazole rings is 1. The van der Waals surface area contributed by atoms with Gasteiger partial charge in [0.2, 0.25) is 0 Å². The first-order valence-electron chi connectivity index (χ1n) is 7.31. The highest BCUT2D eigenvalue weighted by Crippen LogP contribution is 2.22. The molecule has 0 bridgehead atoms. The molecule has 0 saturated carbocycles. The Hall–Kier alpha value is -3.43. The number of carbonyl (C=O) groups excluding carboxylic acids is 1. The molecule has 130 valence electrons. The van der Waals surface area contributed by atoms with Gasteiger partial charge in [-0.1, -0.05) is 0 Å². The molecule has 1 aromatic carbocycles. The minimum Gasteiger partial charge on any atom is -0.408 e. The molecule has 2 heterocycles. The number of carbonyl (C=O) groups is 1. The van der Waals surface area contributed by atoms with Gasteiger partial charge >= 0.3 is 11.4 Å². The van der Waals surface area contributed by atoms with E-state index in [-0.39, 0.29) is 5.69 Å². The predicted octanol–water partition coefficient (Wildman–Crippen LogP) is 1.61. The number of anilines is 1. The van der Waals surface area contributed by atoms with Gasteiger partial charge in [-0.05, 0) is 26.0 Å². The Balaban J connectivity index is 1.87. The van der Waals surface area contributed by atoms with Crippen LogP contribution in [0.5, 0.6) is 0 Å². The maximum Gasteiger partial charge on any atom is 0.419 e. The zero-order valence-electron chi connectivity index (χ0n) is 13.7. The number of hydrogen-bond donors (Lipinski definition) is 1. The third-order valence-corrected chi connectivity index (χ3v) is 3.96. The van der Waals surface area contributed by atoms with Crippen molar-refractivity contribution in [3.63, 3.8) is 0 Å². The Kier molecular flexibility index (Phi) is 3.67. The number of amides is 1. The number of nitrogens with one attached hydrogen (secondary N) is 1. The summed E-state index contributed by atoms with van der Waals surface area (Å²) in [5.41, 5.74) is 0.0125. The first kappa shape index (κ1) is 16.4. The van der Waals surface area contributed by atoms with Crippen LogP contribution >= 0.6 is 0 Å². The largest absolute Gasteiger partial charge is 0.419 e. The first-order valence-corrected chi connectivity index (χ1v) is 7.31. The van der Waals surface area contributed by atoms with Gasteiger partial charge in [0.05, 0.1) is 10.4 Å². The van der Waals surface area contributed by atoms with Gasteiger partial charge < -0.3 is 9.73 Å². The van der Waals surface area contributed by atoms with E-state index in [4.69, 9.17) is 4.42 Å². The number of rotatable bonds is 4. The number of aryl methyl sites for hydroxylation is 1. The molecule has 3 rings (SSSR count). The summed E-state index contributed by atoms with van der Waals surface area (Å²) in [5.74, 6) is -0.925. The van der Waals surface area contributed by atoms with Crippen LogP contribution in [0.25, 0.3) is 11.1 Å². The van der Waals surface area contributed by atoms with Crippen LogP contribution in [-0.4, -0.2) is 25.2 Å². The lowest BCUT2D eigenvalue weighted by atomic mass is 10.0. The lowest BCUT2D eigenvalue weighted by Gasteiger charge is -2.23. The number of aromatic nitrogens is 3. The maximum atomic E-state index is 12.6. The highest BCUT2D eigenvalue weighted by molar-refractivity contribution is 5.97. The average molecular weight is 345 g/mol. The van der Waals surface area contributed by atoms with Gasteiger partial charge in [0.1, 0.15) is 17.9 Å².